The van der Waals surface area contributed by atoms with E-state index in [9.17, 15) is 9.18 Å². The number of aromatic amines is 1. The number of nitrogens with zero attached hydrogens (tertiary/aromatic N) is 4. The van der Waals surface area contributed by atoms with Crippen LogP contribution in [0.1, 0.15) is 30.5 Å². The molecule has 4 heterocycles. The van der Waals surface area contributed by atoms with Gasteiger partial charge in [-0.2, -0.15) is 5.10 Å². The molecule has 1 aliphatic heterocycles. The van der Waals surface area contributed by atoms with Gasteiger partial charge in [-0.1, -0.05) is 32.0 Å². The van der Waals surface area contributed by atoms with Crippen molar-refractivity contribution in [3.05, 3.63) is 62.7 Å². The van der Waals surface area contributed by atoms with Crippen LogP contribution in [0.4, 0.5) is 10.2 Å². The Kier molecular flexibility index (Phi) is 4.72. The second kappa shape index (κ2) is 7.33. The quantitative estimate of drug-likeness (QED) is 0.236. The third-order valence-electron chi connectivity index (χ3n) is 5.76. The molecule has 0 saturated heterocycles. The monoisotopic (exact) mass is 528 g/mol. The van der Waals surface area contributed by atoms with E-state index in [4.69, 9.17) is 4.98 Å². The van der Waals surface area contributed by atoms with Crippen molar-refractivity contribution in [1.82, 2.24) is 25.1 Å². The zero-order valence-electron chi connectivity index (χ0n) is 16.8. The maximum absolute atomic E-state index is 14.1. The van der Waals surface area contributed by atoms with Gasteiger partial charge in [-0.05, 0) is 45.9 Å². The number of hydrogen-bond acceptors (Lipinski definition) is 6. The van der Waals surface area contributed by atoms with Crippen molar-refractivity contribution < 1.29 is 9.18 Å². The Morgan fingerprint density at radius 1 is 1.26 bits per heavy atom. The highest BCUT2D eigenvalue weighted by molar-refractivity contribution is 14.1. The molecular weight excluding hydrogens is 510 g/mol. The number of carbonyl (C=O) groups is 1. The smallest absolute Gasteiger partial charge is 0.181 e. The van der Waals surface area contributed by atoms with Crippen LogP contribution in [0.15, 0.2) is 36.5 Å². The highest BCUT2D eigenvalue weighted by atomic mass is 127. The van der Waals surface area contributed by atoms with E-state index in [1.54, 1.807) is 18.3 Å². The first-order valence-corrected chi connectivity index (χ1v) is 10.8. The van der Waals surface area contributed by atoms with Crippen LogP contribution >= 0.6 is 22.6 Å². The highest BCUT2D eigenvalue weighted by Gasteiger charge is 2.42. The lowest BCUT2D eigenvalue weighted by molar-refractivity contribution is -0.109. The maximum Gasteiger partial charge on any atom is 0.181 e. The van der Waals surface area contributed by atoms with E-state index in [2.05, 4.69) is 48.1 Å². The first kappa shape index (κ1) is 20.0. The summed E-state index contributed by atoms with van der Waals surface area (Å²) in [5.41, 5.74) is 3.14. The SMILES string of the molecule is CC1(C)c2c(I)nc(-c3[nH]nc4ncc(Cc5ccccc5F)cc34)nc2NC1C=O. The molecule has 0 fully saturated rings. The highest BCUT2D eigenvalue weighted by Crippen LogP contribution is 2.42. The summed E-state index contributed by atoms with van der Waals surface area (Å²) in [6.07, 6.45) is 3.02. The normalized spacial score (nSPS) is 16.8. The van der Waals surface area contributed by atoms with E-state index in [0.717, 1.165) is 26.5 Å². The molecule has 1 aliphatic rings. The molecule has 0 radical (unpaired) electrons. The van der Waals surface area contributed by atoms with Crippen molar-refractivity contribution in [2.24, 2.45) is 0 Å². The van der Waals surface area contributed by atoms with Crippen LogP contribution in [-0.2, 0) is 16.6 Å². The van der Waals surface area contributed by atoms with Crippen LogP contribution in [0.5, 0.6) is 0 Å². The number of carbonyl (C=O) groups excluding carboxylic acids is 1. The molecule has 0 aliphatic carbocycles. The van der Waals surface area contributed by atoms with Gasteiger partial charge in [-0.25, -0.2) is 19.3 Å². The number of rotatable bonds is 4. The van der Waals surface area contributed by atoms with Crippen LogP contribution < -0.4 is 5.32 Å². The number of pyridine rings is 1. The zero-order chi connectivity index (χ0) is 21.8. The summed E-state index contributed by atoms with van der Waals surface area (Å²) < 4.78 is 14.9. The number of halogens is 2. The van der Waals surface area contributed by atoms with Gasteiger partial charge >= 0.3 is 0 Å². The van der Waals surface area contributed by atoms with Gasteiger partial charge in [0.2, 0.25) is 0 Å². The molecule has 0 saturated carbocycles. The molecule has 1 atom stereocenters. The molecular formula is C22H18FIN6O. The predicted octanol–water partition coefficient (Wildman–Crippen LogP) is 4.02. The Balaban J connectivity index is 1.58. The van der Waals surface area contributed by atoms with Crippen molar-refractivity contribution in [2.75, 3.05) is 5.32 Å². The molecule has 31 heavy (non-hydrogen) atoms. The Bertz CT molecular complexity index is 1340. The summed E-state index contributed by atoms with van der Waals surface area (Å²) in [6, 6.07) is 8.27. The lowest BCUT2D eigenvalue weighted by Crippen LogP contribution is -2.34. The van der Waals surface area contributed by atoms with Crippen molar-refractivity contribution in [2.45, 2.75) is 31.7 Å². The van der Waals surface area contributed by atoms with E-state index in [0.29, 0.717) is 35.0 Å². The molecule has 3 aromatic heterocycles. The number of hydrogen-bond donors (Lipinski definition) is 2. The third-order valence-corrected chi connectivity index (χ3v) is 6.54. The second-order valence-corrected chi connectivity index (χ2v) is 9.14. The molecule has 2 N–H and O–H groups in total. The van der Waals surface area contributed by atoms with Gasteiger partial charge in [0, 0.05) is 23.6 Å². The minimum Gasteiger partial charge on any atom is -0.359 e. The number of fused-ring (bicyclic) bond motifs is 2. The number of nitrogens with one attached hydrogen (secondary N) is 2. The Morgan fingerprint density at radius 3 is 2.84 bits per heavy atom. The van der Waals surface area contributed by atoms with Crippen LogP contribution in [0.3, 0.4) is 0 Å². The fraction of sp³-hybridized carbons (Fsp3) is 0.227. The third kappa shape index (κ3) is 3.27. The molecule has 7 nitrogen and oxygen atoms in total. The van der Waals surface area contributed by atoms with Gasteiger partial charge in [0.25, 0.3) is 0 Å². The van der Waals surface area contributed by atoms with Crippen LogP contribution in [-0.4, -0.2) is 37.5 Å². The topological polar surface area (TPSA) is 96.4 Å². The summed E-state index contributed by atoms with van der Waals surface area (Å²) in [5, 5.41) is 11.2. The summed E-state index contributed by atoms with van der Waals surface area (Å²) >= 11 is 2.18. The van der Waals surface area contributed by atoms with Crippen LogP contribution in [0, 0.1) is 9.52 Å². The largest absolute Gasteiger partial charge is 0.359 e. The van der Waals surface area contributed by atoms with Gasteiger partial charge in [-0.3, -0.25) is 5.10 Å². The summed E-state index contributed by atoms with van der Waals surface area (Å²) in [7, 11) is 0. The molecule has 156 valence electrons. The first-order chi connectivity index (χ1) is 14.9. The standard InChI is InChI=1S/C22H18FIN6O/c1-22(2)15(10-31)26-20-16(22)18(24)27-21(28-20)17-13-8-11(9-25-19(13)30-29-17)7-12-5-3-4-6-14(12)23/h3-6,8-10,15H,7H2,1-2H3,(H,25,29,30)(H,26,27,28). The van der Waals surface area contributed by atoms with Crippen molar-refractivity contribution in [3.63, 3.8) is 0 Å². The van der Waals surface area contributed by atoms with Crippen molar-refractivity contribution >= 4 is 45.7 Å². The average molecular weight is 528 g/mol. The molecule has 1 aromatic carbocycles. The van der Waals surface area contributed by atoms with Crippen molar-refractivity contribution in [1.29, 1.82) is 0 Å². The van der Waals surface area contributed by atoms with Crippen LogP contribution in [0.2, 0.25) is 0 Å². The molecule has 0 amide bonds. The zero-order valence-corrected chi connectivity index (χ0v) is 18.9. The van der Waals surface area contributed by atoms with E-state index in [-0.39, 0.29) is 11.9 Å². The van der Waals surface area contributed by atoms with Crippen molar-refractivity contribution in [3.8, 4) is 11.5 Å². The number of aldehydes is 1. The van der Waals surface area contributed by atoms with E-state index >= 15 is 0 Å². The summed E-state index contributed by atoms with van der Waals surface area (Å²) in [4.78, 5) is 25.3. The van der Waals surface area contributed by atoms with Gasteiger partial charge in [0.05, 0.1) is 11.4 Å². The predicted molar refractivity (Wildman–Crippen MR) is 123 cm³/mol. The van der Waals surface area contributed by atoms with Gasteiger partial charge in [0.15, 0.2) is 11.5 Å². The maximum atomic E-state index is 14.1. The Morgan fingerprint density at radius 2 is 2.06 bits per heavy atom. The number of H-pyrrole nitrogens is 1. The Hall–Kier alpha value is -2.95. The fourth-order valence-electron chi connectivity index (χ4n) is 3.98. The van der Waals surface area contributed by atoms with Gasteiger partial charge in [0.1, 0.15) is 27.3 Å². The van der Waals surface area contributed by atoms with E-state index in [1.807, 2.05) is 26.0 Å². The fourth-order valence-corrected chi connectivity index (χ4v) is 5.16. The van der Waals surface area contributed by atoms with E-state index in [1.165, 1.54) is 6.07 Å². The van der Waals surface area contributed by atoms with Gasteiger partial charge < -0.3 is 10.1 Å². The molecule has 1 unspecified atom stereocenters. The number of aromatic nitrogens is 5. The molecule has 4 aromatic rings. The summed E-state index contributed by atoms with van der Waals surface area (Å²) in [6.45, 7) is 4.00. The molecule has 5 rings (SSSR count). The van der Waals surface area contributed by atoms with Gasteiger partial charge in [-0.15, -0.1) is 0 Å². The minimum absolute atomic E-state index is 0.245. The minimum atomic E-state index is -0.406. The number of anilines is 1. The first-order valence-electron chi connectivity index (χ1n) is 9.75. The van der Waals surface area contributed by atoms with Crippen LogP contribution in [0.25, 0.3) is 22.6 Å². The van der Waals surface area contributed by atoms with E-state index < -0.39 is 5.41 Å². The lowest BCUT2D eigenvalue weighted by atomic mass is 9.82. The molecule has 9 heteroatoms. The second-order valence-electron chi connectivity index (χ2n) is 8.12. The molecule has 0 bridgehead atoms. The number of benzene rings is 1. The Labute approximate surface area is 191 Å². The average Bonchev–Trinajstić information content (AvgIpc) is 3.27. The molecule has 0 spiro atoms. The lowest BCUT2D eigenvalue weighted by Gasteiger charge is -2.22. The summed E-state index contributed by atoms with van der Waals surface area (Å²) in [5.74, 6) is 0.866.